The molecule has 2 N–H and O–H groups in total. The van der Waals surface area contributed by atoms with Gasteiger partial charge in [0.25, 0.3) is 0 Å². The Kier molecular flexibility index (Phi) is 5.72. The molecule has 2 aliphatic rings. The Bertz CT molecular complexity index is 1090. The van der Waals surface area contributed by atoms with Crippen molar-refractivity contribution in [3.8, 4) is 11.1 Å². The van der Waals surface area contributed by atoms with Crippen LogP contribution >= 0.6 is 0 Å². The maximum atomic E-state index is 7.30. The van der Waals surface area contributed by atoms with Gasteiger partial charge < -0.3 is 5.73 Å². The van der Waals surface area contributed by atoms with Gasteiger partial charge in [0.1, 0.15) is 0 Å². The van der Waals surface area contributed by atoms with Crippen molar-refractivity contribution >= 4 is 0 Å². The molecule has 1 atom stereocenters. The minimum Gasteiger partial charge on any atom is -0.326 e. The molecule has 0 radical (unpaired) electrons. The molecule has 166 valence electrons. The number of unbranched alkanes of at least 4 members (excludes halogenated alkanes) is 4. The van der Waals surface area contributed by atoms with E-state index in [1.54, 1.807) is 0 Å². The molecule has 5 rings (SSSR count). The molecule has 0 saturated heterocycles. The van der Waals surface area contributed by atoms with Crippen LogP contribution in [0.2, 0.25) is 0 Å². The van der Waals surface area contributed by atoms with Crippen LogP contribution in [-0.4, -0.2) is 6.04 Å². The Morgan fingerprint density at radius 1 is 0.750 bits per heavy atom. The molecule has 0 saturated carbocycles. The summed E-state index contributed by atoms with van der Waals surface area (Å²) in [5, 5.41) is 0. The average molecular weight is 424 g/mol. The van der Waals surface area contributed by atoms with E-state index in [1.807, 2.05) is 0 Å². The fourth-order valence-corrected chi connectivity index (χ4v) is 6.13. The summed E-state index contributed by atoms with van der Waals surface area (Å²) in [6.07, 6.45) is 9.89. The van der Waals surface area contributed by atoms with Crippen molar-refractivity contribution in [3.05, 3.63) is 93.5 Å². The molecule has 0 heterocycles. The second kappa shape index (κ2) is 8.52. The van der Waals surface area contributed by atoms with Crippen LogP contribution in [0.25, 0.3) is 11.1 Å². The third-order valence-corrected chi connectivity index (χ3v) is 7.99. The maximum absolute atomic E-state index is 7.30. The van der Waals surface area contributed by atoms with Gasteiger partial charge in [-0.2, -0.15) is 0 Å². The van der Waals surface area contributed by atoms with E-state index in [1.165, 1.54) is 95.0 Å². The molecule has 1 nitrogen and oxygen atoms in total. The van der Waals surface area contributed by atoms with E-state index in [0.717, 1.165) is 6.42 Å². The zero-order chi connectivity index (χ0) is 22.3. The molecule has 0 spiro atoms. The molecular weight excluding hydrogens is 386 g/mol. The SMILES string of the molecule is CCCCCCCC(N)C1(c2ccc3c(c2)CC3)c2cc(C)ccc2-c2ccc(C)cc21. The normalized spacial score (nSPS) is 16.1. The summed E-state index contributed by atoms with van der Waals surface area (Å²) in [6, 6.07) is 21.3. The average Bonchev–Trinajstić information content (AvgIpc) is 3.04. The first-order chi connectivity index (χ1) is 15.6. The quantitative estimate of drug-likeness (QED) is 0.375. The summed E-state index contributed by atoms with van der Waals surface area (Å²) in [6.45, 7) is 6.71. The number of hydrogen-bond donors (Lipinski definition) is 1. The second-order valence-corrected chi connectivity index (χ2v) is 10.2. The van der Waals surface area contributed by atoms with Gasteiger partial charge in [0.15, 0.2) is 0 Å². The Morgan fingerprint density at radius 2 is 1.38 bits per heavy atom. The van der Waals surface area contributed by atoms with E-state index in [2.05, 4.69) is 75.4 Å². The molecule has 3 aromatic carbocycles. The van der Waals surface area contributed by atoms with Gasteiger partial charge in [-0.05, 0) is 72.1 Å². The summed E-state index contributed by atoms with van der Waals surface area (Å²) in [5.74, 6) is 0. The lowest BCUT2D eigenvalue weighted by atomic mass is 9.65. The molecular formula is C31H37N. The van der Waals surface area contributed by atoms with E-state index < -0.39 is 0 Å². The number of fused-ring (bicyclic) bond motifs is 4. The van der Waals surface area contributed by atoms with Crippen LogP contribution in [0, 0.1) is 13.8 Å². The number of hydrogen-bond acceptors (Lipinski definition) is 1. The second-order valence-electron chi connectivity index (χ2n) is 10.2. The molecule has 32 heavy (non-hydrogen) atoms. The van der Waals surface area contributed by atoms with Crippen molar-refractivity contribution in [2.75, 3.05) is 0 Å². The van der Waals surface area contributed by atoms with Crippen LogP contribution in [0.1, 0.15) is 84.4 Å². The maximum Gasteiger partial charge on any atom is 0.0614 e. The van der Waals surface area contributed by atoms with Gasteiger partial charge in [-0.3, -0.25) is 0 Å². The Morgan fingerprint density at radius 3 is 1.94 bits per heavy atom. The molecule has 0 fully saturated rings. The van der Waals surface area contributed by atoms with Gasteiger partial charge in [0, 0.05) is 6.04 Å². The van der Waals surface area contributed by atoms with Gasteiger partial charge >= 0.3 is 0 Å². The number of rotatable bonds is 8. The van der Waals surface area contributed by atoms with Gasteiger partial charge in [0.2, 0.25) is 0 Å². The van der Waals surface area contributed by atoms with Crippen LogP contribution in [0.15, 0.2) is 54.6 Å². The standard InChI is InChI=1S/C31H37N/c1-4-5-6-7-8-9-30(32)31(25-15-14-23-12-13-24(23)20-25)28-18-21(2)10-16-26(28)27-17-11-22(3)19-29(27)31/h10-11,14-20,30H,4-9,12-13,32H2,1-3H3. The highest BCUT2D eigenvalue weighted by atomic mass is 14.7. The van der Waals surface area contributed by atoms with Gasteiger partial charge in [-0.25, -0.2) is 0 Å². The van der Waals surface area contributed by atoms with Crippen LogP contribution in [0.5, 0.6) is 0 Å². The Balaban J connectivity index is 1.68. The van der Waals surface area contributed by atoms with Crippen LogP contribution in [0.4, 0.5) is 0 Å². The fourth-order valence-electron chi connectivity index (χ4n) is 6.13. The molecule has 1 heteroatoms. The van der Waals surface area contributed by atoms with Crippen molar-refractivity contribution in [1.29, 1.82) is 0 Å². The highest BCUT2D eigenvalue weighted by molar-refractivity contribution is 5.84. The predicted octanol–water partition coefficient (Wildman–Crippen LogP) is 7.40. The lowest BCUT2D eigenvalue weighted by molar-refractivity contribution is 0.432. The third-order valence-electron chi connectivity index (χ3n) is 7.99. The number of aryl methyl sites for hydroxylation is 4. The third kappa shape index (κ3) is 3.33. The highest BCUT2D eigenvalue weighted by Gasteiger charge is 2.49. The Labute approximate surface area is 194 Å². The topological polar surface area (TPSA) is 26.0 Å². The first kappa shape index (κ1) is 21.5. The van der Waals surface area contributed by atoms with E-state index in [9.17, 15) is 0 Å². The number of nitrogens with two attached hydrogens (primary N) is 1. The lowest BCUT2D eigenvalue weighted by Crippen LogP contribution is -2.46. The van der Waals surface area contributed by atoms with Crippen molar-refractivity contribution < 1.29 is 0 Å². The molecule has 2 aliphatic carbocycles. The predicted molar refractivity (Wildman–Crippen MR) is 136 cm³/mol. The van der Waals surface area contributed by atoms with Crippen LogP contribution in [-0.2, 0) is 18.3 Å². The van der Waals surface area contributed by atoms with Crippen molar-refractivity contribution in [3.63, 3.8) is 0 Å². The number of benzene rings is 3. The first-order valence-electron chi connectivity index (χ1n) is 12.7. The molecule has 0 amide bonds. The van der Waals surface area contributed by atoms with Gasteiger partial charge in [0.05, 0.1) is 5.41 Å². The van der Waals surface area contributed by atoms with Crippen molar-refractivity contribution in [2.24, 2.45) is 5.73 Å². The highest BCUT2D eigenvalue weighted by Crippen LogP contribution is 2.55. The van der Waals surface area contributed by atoms with Crippen LogP contribution < -0.4 is 5.73 Å². The first-order valence-corrected chi connectivity index (χ1v) is 12.7. The monoisotopic (exact) mass is 423 g/mol. The van der Waals surface area contributed by atoms with Gasteiger partial charge in [-0.15, -0.1) is 0 Å². The van der Waals surface area contributed by atoms with Crippen molar-refractivity contribution in [1.82, 2.24) is 0 Å². The molecule has 3 aromatic rings. The molecule has 0 aliphatic heterocycles. The van der Waals surface area contributed by atoms with E-state index in [0.29, 0.717) is 0 Å². The van der Waals surface area contributed by atoms with E-state index >= 15 is 0 Å². The molecule has 0 bridgehead atoms. The minimum atomic E-state index is -0.266. The minimum absolute atomic E-state index is 0.0610. The summed E-state index contributed by atoms with van der Waals surface area (Å²) >= 11 is 0. The molecule has 0 aromatic heterocycles. The fraction of sp³-hybridized carbons (Fsp3) is 0.419. The zero-order valence-electron chi connectivity index (χ0n) is 20.0. The Hall–Kier alpha value is -2.38. The smallest absolute Gasteiger partial charge is 0.0614 e. The largest absolute Gasteiger partial charge is 0.326 e. The zero-order valence-corrected chi connectivity index (χ0v) is 20.0. The van der Waals surface area contributed by atoms with Crippen LogP contribution in [0.3, 0.4) is 0 Å². The molecule has 1 unspecified atom stereocenters. The summed E-state index contributed by atoms with van der Waals surface area (Å²) < 4.78 is 0. The summed E-state index contributed by atoms with van der Waals surface area (Å²) in [5.41, 5.74) is 19.7. The van der Waals surface area contributed by atoms with E-state index in [4.69, 9.17) is 5.73 Å². The van der Waals surface area contributed by atoms with Crippen molar-refractivity contribution in [2.45, 2.75) is 83.6 Å². The lowest BCUT2D eigenvalue weighted by Gasteiger charge is -2.40. The summed E-state index contributed by atoms with van der Waals surface area (Å²) in [4.78, 5) is 0. The summed E-state index contributed by atoms with van der Waals surface area (Å²) in [7, 11) is 0. The van der Waals surface area contributed by atoms with Gasteiger partial charge in [-0.1, -0.05) is 105 Å². The van der Waals surface area contributed by atoms with E-state index in [-0.39, 0.29) is 11.5 Å².